The molecule has 0 bridgehead atoms. The summed E-state index contributed by atoms with van der Waals surface area (Å²) in [5.41, 5.74) is 10.5. The third kappa shape index (κ3) is 6.81. The Morgan fingerprint density at radius 3 is 2.44 bits per heavy atom. The van der Waals surface area contributed by atoms with Gasteiger partial charge in [0.2, 0.25) is 5.91 Å². The van der Waals surface area contributed by atoms with Crippen molar-refractivity contribution in [1.82, 2.24) is 5.32 Å². The van der Waals surface area contributed by atoms with Crippen molar-refractivity contribution in [3.63, 3.8) is 0 Å². The maximum absolute atomic E-state index is 11.2. The highest BCUT2D eigenvalue weighted by Gasteiger charge is 2.23. The second-order valence-corrected chi connectivity index (χ2v) is 3.76. The van der Waals surface area contributed by atoms with E-state index in [1.807, 2.05) is 0 Å². The van der Waals surface area contributed by atoms with Crippen LogP contribution >= 0.6 is 0 Å². The van der Waals surface area contributed by atoms with Crippen molar-refractivity contribution >= 4 is 17.8 Å². The first kappa shape index (κ1) is 16.3. The lowest BCUT2D eigenvalue weighted by Crippen LogP contribution is -2.49. The van der Waals surface area contributed by atoms with Crippen LogP contribution in [0.15, 0.2) is 0 Å². The molecule has 0 radical (unpaired) electrons. The highest BCUT2D eigenvalue weighted by Crippen LogP contribution is 1.94. The molecule has 104 valence electrons. The number of hydrogen-bond donors (Lipinski definition) is 4. The van der Waals surface area contributed by atoms with Gasteiger partial charge in [-0.3, -0.25) is 9.59 Å². The van der Waals surface area contributed by atoms with E-state index in [0.29, 0.717) is 13.0 Å². The van der Waals surface area contributed by atoms with Crippen LogP contribution in [0.25, 0.3) is 0 Å². The number of hydrogen-bond acceptors (Lipinski definition) is 6. The zero-order chi connectivity index (χ0) is 14.1. The number of carboxylic acid groups (broad SMARTS) is 1. The Morgan fingerprint density at radius 1 is 1.39 bits per heavy atom. The van der Waals surface area contributed by atoms with Gasteiger partial charge in [-0.15, -0.1) is 0 Å². The summed E-state index contributed by atoms with van der Waals surface area (Å²) in [6.45, 7) is 1.33. The van der Waals surface area contributed by atoms with Gasteiger partial charge in [0.25, 0.3) is 0 Å². The fourth-order valence-corrected chi connectivity index (χ4v) is 0.973. The Labute approximate surface area is 105 Å². The van der Waals surface area contributed by atoms with E-state index in [0.717, 1.165) is 0 Å². The van der Waals surface area contributed by atoms with E-state index in [2.05, 4.69) is 5.32 Å². The van der Waals surface area contributed by atoms with E-state index < -0.39 is 36.5 Å². The largest absolute Gasteiger partial charge is 0.480 e. The maximum atomic E-state index is 11.2. The lowest BCUT2D eigenvalue weighted by molar-refractivity contribution is -0.150. The highest BCUT2D eigenvalue weighted by atomic mass is 16.5. The molecule has 0 fully saturated rings. The number of carbonyl (C=O) groups excluding carboxylic acids is 2. The van der Waals surface area contributed by atoms with Crippen LogP contribution in [0.4, 0.5) is 0 Å². The summed E-state index contributed by atoms with van der Waals surface area (Å²) in [7, 11) is 0. The monoisotopic (exact) mass is 261 g/mol. The van der Waals surface area contributed by atoms with Crippen LogP contribution in [0.2, 0.25) is 0 Å². The average molecular weight is 261 g/mol. The second-order valence-electron chi connectivity index (χ2n) is 3.76. The smallest absolute Gasteiger partial charge is 0.329 e. The van der Waals surface area contributed by atoms with E-state index in [4.69, 9.17) is 21.3 Å². The number of esters is 1. The molecule has 6 N–H and O–H groups in total. The summed E-state index contributed by atoms with van der Waals surface area (Å²) in [6.07, 6.45) is 0.576. The molecule has 1 amide bonds. The first-order valence-corrected chi connectivity index (χ1v) is 5.53. The Hall–Kier alpha value is -1.67. The predicted molar refractivity (Wildman–Crippen MR) is 62.5 cm³/mol. The molecule has 0 aliphatic rings. The highest BCUT2D eigenvalue weighted by molar-refractivity contribution is 5.86. The molecule has 8 heteroatoms. The number of aliphatic carboxylic acids is 1. The van der Waals surface area contributed by atoms with Crippen molar-refractivity contribution in [2.24, 2.45) is 11.5 Å². The fourth-order valence-electron chi connectivity index (χ4n) is 0.973. The Morgan fingerprint density at radius 2 is 2.00 bits per heavy atom. The summed E-state index contributed by atoms with van der Waals surface area (Å²) >= 11 is 0. The van der Waals surface area contributed by atoms with Crippen LogP contribution in [-0.2, 0) is 19.1 Å². The van der Waals surface area contributed by atoms with Gasteiger partial charge in [-0.1, -0.05) is 0 Å². The van der Waals surface area contributed by atoms with Crippen molar-refractivity contribution in [2.75, 3.05) is 13.2 Å². The third-order valence-corrected chi connectivity index (χ3v) is 2.02. The molecule has 18 heavy (non-hydrogen) atoms. The Bertz CT molecular complexity index is 306. The minimum atomic E-state index is -1.30. The quantitative estimate of drug-likeness (QED) is 0.376. The van der Waals surface area contributed by atoms with Crippen LogP contribution in [0.3, 0.4) is 0 Å². The number of carbonyl (C=O) groups is 3. The molecule has 0 rings (SSSR count). The number of nitrogens with one attached hydrogen (secondary N) is 1. The third-order valence-electron chi connectivity index (χ3n) is 2.02. The van der Waals surface area contributed by atoms with Gasteiger partial charge in [0, 0.05) is 6.42 Å². The molecule has 0 aromatic rings. The van der Waals surface area contributed by atoms with Crippen LogP contribution in [0.5, 0.6) is 0 Å². The molecular weight excluding hydrogens is 242 g/mol. The van der Waals surface area contributed by atoms with Gasteiger partial charge < -0.3 is 26.6 Å². The molecule has 0 unspecified atom stereocenters. The van der Waals surface area contributed by atoms with E-state index in [1.54, 1.807) is 0 Å². The molecule has 0 aromatic heterocycles. The van der Waals surface area contributed by atoms with Gasteiger partial charge in [-0.2, -0.15) is 0 Å². The topological polar surface area (TPSA) is 145 Å². The normalized spacial score (nSPS) is 13.5. The molecule has 0 spiro atoms. The van der Waals surface area contributed by atoms with E-state index >= 15 is 0 Å². The zero-order valence-corrected chi connectivity index (χ0v) is 10.2. The van der Waals surface area contributed by atoms with Crippen molar-refractivity contribution in [2.45, 2.75) is 31.8 Å². The lowest BCUT2D eigenvalue weighted by Gasteiger charge is -2.16. The molecule has 0 aliphatic heterocycles. The van der Waals surface area contributed by atoms with Gasteiger partial charge in [0.1, 0.15) is 6.61 Å². The van der Waals surface area contributed by atoms with Gasteiger partial charge in [-0.05, 0) is 19.9 Å². The van der Waals surface area contributed by atoms with Crippen molar-refractivity contribution in [3.8, 4) is 0 Å². The number of amides is 1. The summed E-state index contributed by atoms with van der Waals surface area (Å²) in [4.78, 5) is 33.2. The van der Waals surface area contributed by atoms with Crippen LogP contribution in [-0.4, -0.2) is 48.2 Å². The Balaban J connectivity index is 4.17. The molecule has 0 saturated heterocycles. The second kappa shape index (κ2) is 8.43. The van der Waals surface area contributed by atoms with Gasteiger partial charge >= 0.3 is 11.9 Å². The predicted octanol–water partition coefficient (Wildman–Crippen LogP) is -1.81. The first-order chi connectivity index (χ1) is 8.38. The summed E-state index contributed by atoms with van der Waals surface area (Å²) in [5, 5.41) is 11.0. The average Bonchev–Trinajstić information content (AvgIpc) is 2.30. The maximum Gasteiger partial charge on any atom is 0.329 e. The number of rotatable bonds is 8. The molecule has 0 aliphatic carbocycles. The summed E-state index contributed by atoms with van der Waals surface area (Å²) in [6, 6.07) is -2.13. The molecule has 8 nitrogen and oxygen atoms in total. The molecular formula is C10H19N3O5. The van der Waals surface area contributed by atoms with Gasteiger partial charge in [0.05, 0.1) is 6.04 Å². The van der Waals surface area contributed by atoms with Gasteiger partial charge in [-0.25, -0.2) is 4.79 Å². The van der Waals surface area contributed by atoms with Gasteiger partial charge in [0.15, 0.2) is 6.04 Å². The first-order valence-electron chi connectivity index (χ1n) is 5.53. The molecule has 2 atom stereocenters. The SMILES string of the molecule is C[C@H](N)C(=O)N[C@@H](COC(=O)CCCN)C(=O)O. The van der Waals surface area contributed by atoms with Crippen LogP contribution in [0.1, 0.15) is 19.8 Å². The molecule has 0 saturated carbocycles. The number of carboxylic acids is 1. The van der Waals surface area contributed by atoms with E-state index in [9.17, 15) is 14.4 Å². The van der Waals surface area contributed by atoms with Crippen molar-refractivity contribution in [1.29, 1.82) is 0 Å². The van der Waals surface area contributed by atoms with E-state index in [-0.39, 0.29) is 6.42 Å². The van der Waals surface area contributed by atoms with Crippen LogP contribution < -0.4 is 16.8 Å². The molecule has 0 aromatic carbocycles. The fraction of sp³-hybridized carbons (Fsp3) is 0.700. The van der Waals surface area contributed by atoms with E-state index in [1.165, 1.54) is 6.92 Å². The van der Waals surface area contributed by atoms with Crippen molar-refractivity contribution < 1.29 is 24.2 Å². The molecule has 0 heterocycles. The standard InChI is InChI=1S/C10H19N3O5/c1-6(12)9(15)13-7(10(16)17)5-18-8(14)3-2-4-11/h6-7H,2-5,11-12H2,1H3,(H,13,15)(H,16,17)/t6-,7-/m0/s1. The lowest BCUT2D eigenvalue weighted by atomic mass is 10.2. The number of ether oxygens (including phenoxy) is 1. The Kier molecular flexibility index (Phi) is 7.64. The van der Waals surface area contributed by atoms with Crippen molar-refractivity contribution in [3.05, 3.63) is 0 Å². The zero-order valence-electron chi connectivity index (χ0n) is 10.2. The number of nitrogens with two attached hydrogens (primary N) is 2. The summed E-state index contributed by atoms with van der Waals surface area (Å²) < 4.78 is 4.72. The minimum Gasteiger partial charge on any atom is -0.480 e. The van der Waals surface area contributed by atoms with Crippen LogP contribution in [0, 0.1) is 0 Å². The summed E-state index contributed by atoms with van der Waals surface area (Å²) in [5.74, 6) is -2.47. The minimum absolute atomic E-state index is 0.115.